The Morgan fingerprint density at radius 3 is 1.47 bits per heavy atom. The van der Waals surface area contributed by atoms with Gasteiger partial charge in [0.15, 0.2) is 0 Å². The third-order valence-corrected chi connectivity index (χ3v) is 12.2. The number of carboxylic acids is 3. The third-order valence-electron chi connectivity index (χ3n) is 12.2. The van der Waals surface area contributed by atoms with Crippen LogP contribution < -0.4 is 53.6 Å². The summed E-state index contributed by atoms with van der Waals surface area (Å²) in [7, 11) is 0. The zero-order chi connectivity index (χ0) is 58.1. The van der Waals surface area contributed by atoms with Gasteiger partial charge in [-0.05, 0) is 62.3 Å². The van der Waals surface area contributed by atoms with Crippen molar-refractivity contribution >= 4 is 77.0 Å². The van der Waals surface area contributed by atoms with E-state index in [1.54, 1.807) is 44.2 Å². The molecular formula is C50H76N10O17. The molecule has 0 aromatic heterocycles. The van der Waals surface area contributed by atoms with Crippen molar-refractivity contribution in [2.75, 3.05) is 6.54 Å². The normalized spacial score (nSPS) is 15.6. The minimum Gasteiger partial charge on any atom is -0.481 e. The van der Waals surface area contributed by atoms with E-state index in [4.69, 9.17) is 5.73 Å². The number of aliphatic hydroxyl groups is 1. The lowest BCUT2D eigenvalue weighted by Crippen LogP contribution is -2.61. The van der Waals surface area contributed by atoms with Crippen molar-refractivity contribution in [2.24, 2.45) is 23.5 Å². The molecule has 428 valence electrons. The first kappa shape index (κ1) is 65.4. The number of nitrogens with two attached hydrogens (primary N) is 1. The fraction of sp³-hybridized carbons (Fsp3) is 0.620. The maximum atomic E-state index is 14.0. The van der Waals surface area contributed by atoms with Crippen LogP contribution in [-0.4, -0.2) is 158 Å². The fourth-order valence-electron chi connectivity index (χ4n) is 8.02. The number of aliphatic carboxylic acids is 3. The summed E-state index contributed by atoms with van der Waals surface area (Å²) in [4.78, 5) is 168. The number of carbonyl (C=O) groups excluding carboxylic acids is 10. The van der Waals surface area contributed by atoms with Crippen LogP contribution in [0.2, 0.25) is 0 Å². The Bertz CT molecular complexity index is 2260. The molecule has 27 heteroatoms. The number of hydrogen-bond acceptors (Lipinski definition) is 14. The summed E-state index contributed by atoms with van der Waals surface area (Å²) < 4.78 is 0. The van der Waals surface area contributed by atoms with Crippen LogP contribution in [0.4, 0.5) is 0 Å². The summed E-state index contributed by atoms with van der Waals surface area (Å²) in [5, 5.41) is 60.4. The van der Waals surface area contributed by atoms with Gasteiger partial charge in [0, 0.05) is 26.2 Å². The van der Waals surface area contributed by atoms with Crippen molar-refractivity contribution in [1.82, 2.24) is 47.9 Å². The highest BCUT2D eigenvalue weighted by atomic mass is 16.4. The van der Waals surface area contributed by atoms with Crippen molar-refractivity contribution in [1.29, 1.82) is 0 Å². The van der Waals surface area contributed by atoms with E-state index in [1.165, 1.54) is 0 Å². The Hall–Kier alpha value is -7.71. The van der Waals surface area contributed by atoms with E-state index in [2.05, 4.69) is 47.9 Å². The quantitative estimate of drug-likeness (QED) is 0.0337. The van der Waals surface area contributed by atoms with Gasteiger partial charge in [0.05, 0.1) is 19.1 Å². The lowest BCUT2D eigenvalue weighted by Gasteiger charge is -2.31. The van der Waals surface area contributed by atoms with Gasteiger partial charge in [-0.25, -0.2) is 0 Å². The van der Waals surface area contributed by atoms with Crippen LogP contribution in [0.3, 0.4) is 0 Å². The number of benzene rings is 1. The molecule has 0 aliphatic heterocycles. The summed E-state index contributed by atoms with van der Waals surface area (Å²) in [6.45, 7) is 8.51. The van der Waals surface area contributed by atoms with Crippen molar-refractivity contribution < 1.29 is 82.8 Å². The molecule has 0 unspecified atom stereocenters. The lowest BCUT2D eigenvalue weighted by atomic mass is 9.80. The predicted octanol–water partition coefficient (Wildman–Crippen LogP) is -2.40. The number of carbonyl (C=O) groups is 13. The van der Waals surface area contributed by atoms with Gasteiger partial charge in [-0.1, -0.05) is 77.3 Å². The first-order chi connectivity index (χ1) is 36.1. The number of amides is 10. The minimum absolute atomic E-state index is 0.00106. The van der Waals surface area contributed by atoms with Crippen LogP contribution >= 0.6 is 0 Å². The predicted molar refractivity (Wildman–Crippen MR) is 272 cm³/mol. The summed E-state index contributed by atoms with van der Waals surface area (Å²) >= 11 is 0. The van der Waals surface area contributed by atoms with Crippen LogP contribution in [0.15, 0.2) is 30.3 Å². The van der Waals surface area contributed by atoms with Crippen molar-refractivity contribution in [2.45, 2.75) is 173 Å². The van der Waals surface area contributed by atoms with E-state index >= 15 is 0 Å². The van der Waals surface area contributed by atoms with Crippen LogP contribution in [0.1, 0.15) is 118 Å². The highest BCUT2D eigenvalue weighted by molar-refractivity contribution is 5.99. The first-order valence-electron chi connectivity index (χ1n) is 25.4. The molecule has 0 heterocycles. The van der Waals surface area contributed by atoms with Crippen LogP contribution in [-0.2, 0) is 68.7 Å². The molecule has 0 spiro atoms. The second kappa shape index (κ2) is 32.7. The first-order valence-corrected chi connectivity index (χ1v) is 25.4. The second-order valence-corrected chi connectivity index (χ2v) is 20.0. The average Bonchev–Trinajstić information content (AvgIpc) is 3.31. The molecule has 1 fully saturated rings. The maximum Gasteiger partial charge on any atom is 0.305 e. The summed E-state index contributed by atoms with van der Waals surface area (Å²) in [6.07, 6.45) is -2.87. The van der Waals surface area contributed by atoms with E-state index in [9.17, 15) is 82.8 Å². The summed E-state index contributed by atoms with van der Waals surface area (Å²) in [5.41, 5.74) is 6.24. The van der Waals surface area contributed by atoms with Gasteiger partial charge in [-0.15, -0.1) is 0 Å². The topological polar surface area (TPSA) is 437 Å². The highest BCUT2D eigenvalue weighted by Crippen LogP contribution is 2.30. The number of rotatable bonds is 35. The Kier molecular flexibility index (Phi) is 27.7. The zero-order valence-electron chi connectivity index (χ0n) is 44.2. The molecule has 10 amide bonds. The Balaban J connectivity index is 2.31. The van der Waals surface area contributed by atoms with Gasteiger partial charge in [-0.2, -0.15) is 0 Å². The standard InChI is InChI=1S/C50H76N10O17/c1-25(2)19-33(43(51)70)57-48(75)36(22-29-11-8-7-9-12-29)58-47(74)35(21-30-13-10-14-30)54-38(63)24-52-50(77)42(27(5)61)60-45(72)32(16-18-40(66)67)55-44(71)31(15-17-39(64)65)56-49(76)37(23-41(68)69)59-46(73)34(20-26(3)4)53-28(6)62/h7-9,11-12,25-27,30-37,42,61H,10,13-24H2,1-6H3,(H2,51,70)(H,52,77)(H,53,62)(H,54,63)(H,55,71)(H,56,76)(H,57,75)(H,58,74)(H,59,73)(H,60,72)(H,64,65)(H,66,67)(H,68,69)/t27-,31+,32+,33+,34+,35+,36+,37+,42+/m1/s1. The molecule has 15 N–H and O–H groups in total. The Labute approximate surface area is 445 Å². The molecule has 1 aliphatic rings. The van der Waals surface area contributed by atoms with E-state index in [-0.39, 0.29) is 43.4 Å². The van der Waals surface area contributed by atoms with Crippen LogP contribution in [0.5, 0.6) is 0 Å². The largest absolute Gasteiger partial charge is 0.481 e. The molecule has 0 bridgehead atoms. The van der Waals surface area contributed by atoms with Gasteiger partial charge in [-0.3, -0.25) is 62.3 Å². The molecule has 27 nitrogen and oxygen atoms in total. The van der Waals surface area contributed by atoms with Crippen molar-refractivity contribution in [3.63, 3.8) is 0 Å². The molecule has 0 saturated heterocycles. The van der Waals surface area contributed by atoms with Gasteiger partial charge < -0.3 is 74.0 Å². The molecule has 1 aliphatic carbocycles. The monoisotopic (exact) mass is 1090 g/mol. The lowest BCUT2D eigenvalue weighted by molar-refractivity contribution is -0.142. The number of hydrogen-bond donors (Lipinski definition) is 14. The maximum absolute atomic E-state index is 14.0. The van der Waals surface area contributed by atoms with E-state index in [1.807, 2.05) is 13.8 Å². The molecule has 77 heavy (non-hydrogen) atoms. The van der Waals surface area contributed by atoms with Gasteiger partial charge in [0.25, 0.3) is 0 Å². The molecule has 1 aromatic rings. The summed E-state index contributed by atoms with van der Waals surface area (Å²) in [5.74, 6) is -14.4. The fourth-order valence-corrected chi connectivity index (χ4v) is 8.02. The summed E-state index contributed by atoms with van der Waals surface area (Å²) in [6, 6.07) is -3.51. The Morgan fingerprint density at radius 2 is 1.00 bits per heavy atom. The molecule has 1 aromatic carbocycles. The van der Waals surface area contributed by atoms with Crippen LogP contribution in [0.25, 0.3) is 0 Å². The second-order valence-electron chi connectivity index (χ2n) is 20.0. The highest BCUT2D eigenvalue weighted by Gasteiger charge is 2.36. The number of carboxylic acid groups (broad SMARTS) is 3. The van der Waals surface area contributed by atoms with Crippen molar-refractivity contribution in [3.8, 4) is 0 Å². The van der Waals surface area contributed by atoms with Gasteiger partial charge in [0.2, 0.25) is 59.1 Å². The zero-order valence-corrected chi connectivity index (χ0v) is 44.2. The average molecular weight is 1090 g/mol. The molecular weight excluding hydrogens is 1010 g/mol. The van der Waals surface area contributed by atoms with Gasteiger partial charge >= 0.3 is 17.9 Å². The SMILES string of the molecule is CC(=O)N[C@@H](CC(C)C)C(=O)N[C@@H](CC(=O)O)C(=O)N[C@@H](CCC(=O)O)C(=O)N[C@@H](CCC(=O)O)C(=O)N[C@H](C(=O)NCC(=O)N[C@@H](CC1CCC1)C(=O)N[C@@H](Cc1ccccc1)C(=O)N[C@@H](CC(C)C)C(N)=O)[C@@H](C)O. The molecule has 2 rings (SSSR count). The molecule has 0 radical (unpaired) electrons. The number of primary amides is 1. The molecule has 1 saturated carbocycles. The number of aliphatic hydroxyl groups excluding tert-OH is 1. The molecule has 9 atom stereocenters. The minimum atomic E-state index is -1.89. The van der Waals surface area contributed by atoms with E-state index < -0.39 is 170 Å². The number of nitrogens with one attached hydrogen (secondary N) is 9. The smallest absolute Gasteiger partial charge is 0.305 e. The Morgan fingerprint density at radius 1 is 0.545 bits per heavy atom. The van der Waals surface area contributed by atoms with Crippen molar-refractivity contribution in [3.05, 3.63) is 35.9 Å². The van der Waals surface area contributed by atoms with E-state index in [0.29, 0.717) is 5.56 Å². The van der Waals surface area contributed by atoms with Gasteiger partial charge in [0.1, 0.15) is 48.3 Å². The van der Waals surface area contributed by atoms with E-state index in [0.717, 1.165) is 33.1 Å². The third kappa shape index (κ3) is 25.1. The van der Waals surface area contributed by atoms with Crippen LogP contribution in [0, 0.1) is 17.8 Å².